The fourth-order valence-electron chi connectivity index (χ4n) is 3.21. The third-order valence-corrected chi connectivity index (χ3v) is 4.68. The average Bonchev–Trinajstić information content (AvgIpc) is 2.93. The summed E-state index contributed by atoms with van der Waals surface area (Å²) in [5.41, 5.74) is 3.25. The number of hydrogen-bond donors (Lipinski definition) is 0. The molecule has 6 heteroatoms. The number of methoxy groups -OCH3 is 1. The van der Waals surface area contributed by atoms with Crippen LogP contribution < -0.4 is 4.74 Å². The van der Waals surface area contributed by atoms with Crippen molar-refractivity contribution in [1.82, 2.24) is 19.6 Å². The Kier molecular flexibility index (Phi) is 5.38. The largest absolute Gasteiger partial charge is 0.497 e. The first kappa shape index (κ1) is 17.5. The molecule has 25 heavy (non-hydrogen) atoms. The topological polar surface area (TPSA) is 50.6 Å². The van der Waals surface area contributed by atoms with Crippen LogP contribution in [-0.4, -0.2) is 58.8 Å². The summed E-state index contributed by atoms with van der Waals surface area (Å²) in [6.45, 7) is 8.51. The first-order chi connectivity index (χ1) is 12.0. The monoisotopic (exact) mass is 342 g/mol. The molecule has 2 aromatic rings. The highest BCUT2D eigenvalue weighted by Crippen LogP contribution is 2.14. The fraction of sp³-hybridized carbons (Fsp3) is 0.474. The normalized spacial score (nSPS) is 15.4. The molecular formula is C19H26N4O2. The van der Waals surface area contributed by atoms with Gasteiger partial charge in [0.05, 0.1) is 12.8 Å². The van der Waals surface area contributed by atoms with Crippen molar-refractivity contribution in [1.29, 1.82) is 0 Å². The van der Waals surface area contributed by atoms with Crippen molar-refractivity contribution < 1.29 is 9.53 Å². The van der Waals surface area contributed by atoms with Crippen molar-refractivity contribution >= 4 is 5.91 Å². The summed E-state index contributed by atoms with van der Waals surface area (Å²) >= 11 is 0. The van der Waals surface area contributed by atoms with Crippen LogP contribution in [0.1, 0.15) is 17.0 Å². The van der Waals surface area contributed by atoms with Crippen LogP contribution in [0.3, 0.4) is 0 Å². The van der Waals surface area contributed by atoms with Crippen molar-refractivity contribution in [3.05, 3.63) is 47.3 Å². The third kappa shape index (κ3) is 4.39. The summed E-state index contributed by atoms with van der Waals surface area (Å²) in [6, 6.07) is 10.2. The Labute approximate surface area is 149 Å². The van der Waals surface area contributed by atoms with E-state index >= 15 is 0 Å². The quantitative estimate of drug-likeness (QED) is 0.832. The first-order valence-electron chi connectivity index (χ1n) is 8.69. The van der Waals surface area contributed by atoms with Crippen molar-refractivity contribution in [2.75, 3.05) is 33.3 Å². The summed E-state index contributed by atoms with van der Waals surface area (Å²) in [7, 11) is 1.68. The van der Waals surface area contributed by atoms with Crippen LogP contribution in [0.2, 0.25) is 0 Å². The molecule has 1 aliphatic heterocycles. The second kappa shape index (κ2) is 7.70. The van der Waals surface area contributed by atoms with E-state index in [0.29, 0.717) is 6.54 Å². The Morgan fingerprint density at radius 2 is 1.80 bits per heavy atom. The number of nitrogens with zero attached hydrogens (tertiary/aromatic N) is 4. The Morgan fingerprint density at radius 1 is 1.12 bits per heavy atom. The maximum Gasteiger partial charge on any atom is 0.244 e. The molecule has 1 fully saturated rings. The highest BCUT2D eigenvalue weighted by molar-refractivity contribution is 5.76. The highest BCUT2D eigenvalue weighted by atomic mass is 16.5. The van der Waals surface area contributed by atoms with Crippen molar-refractivity contribution in [3.8, 4) is 5.75 Å². The molecule has 3 rings (SSSR count). The van der Waals surface area contributed by atoms with E-state index in [4.69, 9.17) is 4.74 Å². The zero-order valence-electron chi connectivity index (χ0n) is 15.2. The summed E-state index contributed by atoms with van der Waals surface area (Å²) in [4.78, 5) is 16.8. The second-order valence-corrected chi connectivity index (χ2v) is 6.59. The van der Waals surface area contributed by atoms with Gasteiger partial charge in [-0.2, -0.15) is 5.10 Å². The van der Waals surface area contributed by atoms with Gasteiger partial charge >= 0.3 is 0 Å². The van der Waals surface area contributed by atoms with Gasteiger partial charge in [0.2, 0.25) is 5.91 Å². The molecule has 0 saturated carbocycles. The van der Waals surface area contributed by atoms with E-state index in [-0.39, 0.29) is 5.91 Å². The molecule has 0 spiro atoms. The van der Waals surface area contributed by atoms with E-state index < -0.39 is 0 Å². The number of aryl methyl sites for hydroxylation is 2. The number of hydrogen-bond acceptors (Lipinski definition) is 4. The van der Waals surface area contributed by atoms with E-state index in [0.717, 1.165) is 49.9 Å². The Bertz CT molecular complexity index is 716. The number of rotatable bonds is 5. The van der Waals surface area contributed by atoms with Crippen LogP contribution in [0.15, 0.2) is 30.3 Å². The molecule has 2 heterocycles. The van der Waals surface area contributed by atoms with E-state index in [2.05, 4.69) is 22.1 Å². The smallest absolute Gasteiger partial charge is 0.244 e. The molecule has 0 N–H and O–H groups in total. The predicted molar refractivity (Wildman–Crippen MR) is 96.6 cm³/mol. The first-order valence-corrected chi connectivity index (χ1v) is 8.69. The van der Waals surface area contributed by atoms with Gasteiger partial charge in [0, 0.05) is 38.4 Å². The molecule has 1 amide bonds. The predicted octanol–water partition coefficient (Wildman–Crippen LogP) is 1.85. The zero-order chi connectivity index (χ0) is 17.8. The van der Waals surface area contributed by atoms with Crippen LogP contribution in [-0.2, 0) is 17.9 Å². The standard InChI is InChI=1S/C19H26N4O2/c1-15-12-16(2)23(20-15)14-19(24)22-10-8-21(9-11-22)13-17-4-6-18(25-3)7-5-17/h4-7,12H,8-11,13-14H2,1-3H3. The molecule has 6 nitrogen and oxygen atoms in total. The average molecular weight is 342 g/mol. The highest BCUT2D eigenvalue weighted by Gasteiger charge is 2.21. The van der Waals surface area contributed by atoms with E-state index in [1.54, 1.807) is 11.8 Å². The number of carbonyl (C=O) groups is 1. The maximum absolute atomic E-state index is 12.5. The number of ether oxygens (including phenoxy) is 1. The number of amides is 1. The SMILES string of the molecule is COc1ccc(CN2CCN(C(=O)Cn3nc(C)cc3C)CC2)cc1. The van der Waals surface area contributed by atoms with Gasteiger partial charge in [0.25, 0.3) is 0 Å². The van der Waals surface area contributed by atoms with E-state index in [1.807, 2.05) is 36.9 Å². The second-order valence-electron chi connectivity index (χ2n) is 6.59. The fourth-order valence-corrected chi connectivity index (χ4v) is 3.21. The van der Waals surface area contributed by atoms with Crippen LogP contribution in [0.25, 0.3) is 0 Å². The van der Waals surface area contributed by atoms with Crippen LogP contribution >= 0.6 is 0 Å². The lowest BCUT2D eigenvalue weighted by molar-refractivity contribution is -0.133. The van der Waals surface area contributed by atoms with Crippen LogP contribution in [0.5, 0.6) is 5.75 Å². The lowest BCUT2D eigenvalue weighted by Crippen LogP contribution is -2.49. The molecule has 134 valence electrons. The lowest BCUT2D eigenvalue weighted by atomic mass is 10.2. The van der Waals surface area contributed by atoms with Gasteiger partial charge in [-0.1, -0.05) is 12.1 Å². The van der Waals surface area contributed by atoms with Crippen LogP contribution in [0, 0.1) is 13.8 Å². The molecule has 1 aliphatic rings. The van der Waals surface area contributed by atoms with Gasteiger partial charge in [-0.25, -0.2) is 0 Å². The zero-order valence-corrected chi connectivity index (χ0v) is 15.2. The number of benzene rings is 1. The van der Waals surface area contributed by atoms with Gasteiger partial charge in [-0.05, 0) is 37.6 Å². The molecule has 1 aromatic carbocycles. The summed E-state index contributed by atoms with van der Waals surface area (Å²) in [5.74, 6) is 1.03. The maximum atomic E-state index is 12.5. The van der Waals surface area contributed by atoms with Gasteiger partial charge in [0.1, 0.15) is 12.3 Å². The molecule has 0 aliphatic carbocycles. The van der Waals surface area contributed by atoms with E-state index in [9.17, 15) is 4.79 Å². The molecule has 1 saturated heterocycles. The Hall–Kier alpha value is -2.34. The van der Waals surface area contributed by atoms with E-state index in [1.165, 1.54) is 5.56 Å². The number of piperazine rings is 1. The Balaban J connectivity index is 1.49. The minimum atomic E-state index is 0.148. The molecule has 1 aromatic heterocycles. The lowest BCUT2D eigenvalue weighted by Gasteiger charge is -2.34. The van der Waals surface area contributed by atoms with Crippen molar-refractivity contribution in [3.63, 3.8) is 0 Å². The summed E-state index contributed by atoms with van der Waals surface area (Å²) in [5, 5.41) is 4.38. The summed E-state index contributed by atoms with van der Waals surface area (Å²) < 4.78 is 6.99. The van der Waals surface area contributed by atoms with Gasteiger partial charge in [-0.3, -0.25) is 14.4 Å². The van der Waals surface area contributed by atoms with Crippen molar-refractivity contribution in [2.45, 2.75) is 26.9 Å². The third-order valence-electron chi connectivity index (χ3n) is 4.68. The van der Waals surface area contributed by atoms with Gasteiger partial charge < -0.3 is 9.64 Å². The summed E-state index contributed by atoms with van der Waals surface area (Å²) in [6.07, 6.45) is 0. The van der Waals surface area contributed by atoms with Gasteiger partial charge in [-0.15, -0.1) is 0 Å². The number of carbonyl (C=O) groups excluding carboxylic acids is 1. The minimum Gasteiger partial charge on any atom is -0.497 e. The Morgan fingerprint density at radius 3 is 2.36 bits per heavy atom. The van der Waals surface area contributed by atoms with Crippen molar-refractivity contribution in [2.24, 2.45) is 0 Å². The molecule has 0 bridgehead atoms. The van der Waals surface area contributed by atoms with Crippen LogP contribution in [0.4, 0.5) is 0 Å². The van der Waals surface area contributed by atoms with Gasteiger partial charge in [0.15, 0.2) is 0 Å². The molecule has 0 radical (unpaired) electrons. The number of aromatic nitrogens is 2. The minimum absolute atomic E-state index is 0.148. The molecule has 0 atom stereocenters. The molecular weight excluding hydrogens is 316 g/mol. The molecule has 0 unspecified atom stereocenters.